The molecule has 1 aliphatic heterocycles. The Morgan fingerprint density at radius 2 is 2.29 bits per heavy atom. The number of amides is 1. The van der Waals surface area contributed by atoms with Crippen LogP contribution in [0.5, 0.6) is 0 Å². The third-order valence-corrected chi connectivity index (χ3v) is 2.58. The van der Waals surface area contributed by atoms with Gasteiger partial charge in [-0.2, -0.15) is 0 Å². The number of ether oxygens (including phenoxy) is 1. The summed E-state index contributed by atoms with van der Waals surface area (Å²) in [5, 5.41) is 0. The first-order chi connectivity index (χ1) is 6.65. The lowest BCUT2D eigenvalue weighted by Gasteiger charge is -2.20. The monoisotopic (exact) mass is 200 g/mol. The number of hydrogen-bond donors (Lipinski definition) is 1. The molecule has 2 atom stereocenters. The molecule has 0 radical (unpaired) electrons. The highest BCUT2D eigenvalue weighted by molar-refractivity contribution is 5.80. The van der Waals surface area contributed by atoms with E-state index in [4.69, 9.17) is 10.5 Å². The molecular formula is C10H20N2O2. The van der Waals surface area contributed by atoms with E-state index in [1.54, 1.807) is 4.90 Å². The topological polar surface area (TPSA) is 55.6 Å². The highest BCUT2D eigenvalue weighted by Crippen LogP contribution is 2.20. The molecule has 1 fully saturated rings. The van der Waals surface area contributed by atoms with Gasteiger partial charge in [0.25, 0.3) is 5.91 Å². The van der Waals surface area contributed by atoms with Crippen LogP contribution in [0.15, 0.2) is 0 Å². The van der Waals surface area contributed by atoms with Crippen LogP contribution >= 0.6 is 0 Å². The molecule has 0 aromatic rings. The van der Waals surface area contributed by atoms with Gasteiger partial charge in [0.2, 0.25) is 0 Å². The van der Waals surface area contributed by atoms with E-state index in [1.165, 1.54) is 0 Å². The maximum Gasteiger partial charge on any atom is 0.251 e. The smallest absolute Gasteiger partial charge is 0.251 e. The summed E-state index contributed by atoms with van der Waals surface area (Å²) >= 11 is 0. The van der Waals surface area contributed by atoms with Crippen LogP contribution in [0.3, 0.4) is 0 Å². The van der Waals surface area contributed by atoms with Gasteiger partial charge in [0.1, 0.15) is 6.10 Å². The molecule has 1 amide bonds. The molecule has 82 valence electrons. The van der Waals surface area contributed by atoms with Gasteiger partial charge in [-0.15, -0.1) is 0 Å². The SMILES string of the molecule is CC1CCC(C(=O)N(C)CCCN)O1. The van der Waals surface area contributed by atoms with Crippen molar-refractivity contribution in [2.45, 2.75) is 38.4 Å². The second-order valence-corrected chi connectivity index (χ2v) is 3.91. The summed E-state index contributed by atoms with van der Waals surface area (Å²) in [6.07, 6.45) is 2.71. The molecule has 1 rings (SSSR count). The third-order valence-electron chi connectivity index (χ3n) is 2.58. The Morgan fingerprint density at radius 1 is 1.57 bits per heavy atom. The van der Waals surface area contributed by atoms with E-state index in [-0.39, 0.29) is 18.1 Å². The third kappa shape index (κ3) is 2.96. The van der Waals surface area contributed by atoms with Gasteiger partial charge in [-0.25, -0.2) is 0 Å². The standard InChI is InChI=1S/C10H20N2O2/c1-8-4-5-9(14-8)10(13)12(2)7-3-6-11/h8-9H,3-7,11H2,1-2H3. The zero-order chi connectivity index (χ0) is 10.6. The van der Waals surface area contributed by atoms with Gasteiger partial charge in [-0.1, -0.05) is 0 Å². The van der Waals surface area contributed by atoms with Crippen molar-refractivity contribution in [2.24, 2.45) is 5.73 Å². The molecule has 0 bridgehead atoms. The van der Waals surface area contributed by atoms with Gasteiger partial charge in [-0.3, -0.25) is 4.79 Å². The minimum Gasteiger partial charge on any atom is -0.365 e. The molecule has 2 N–H and O–H groups in total. The van der Waals surface area contributed by atoms with Crippen molar-refractivity contribution in [3.05, 3.63) is 0 Å². The average molecular weight is 200 g/mol. The molecule has 14 heavy (non-hydrogen) atoms. The number of nitrogens with two attached hydrogens (primary N) is 1. The van der Waals surface area contributed by atoms with Crippen LogP contribution in [0.25, 0.3) is 0 Å². The van der Waals surface area contributed by atoms with Crippen molar-refractivity contribution in [2.75, 3.05) is 20.1 Å². The fourth-order valence-electron chi connectivity index (χ4n) is 1.67. The first-order valence-corrected chi connectivity index (χ1v) is 5.25. The van der Waals surface area contributed by atoms with Gasteiger partial charge < -0.3 is 15.4 Å². The molecule has 0 spiro atoms. The first kappa shape index (κ1) is 11.5. The molecule has 0 aliphatic carbocycles. The van der Waals surface area contributed by atoms with Gasteiger partial charge in [0, 0.05) is 13.6 Å². The number of likely N-dealkylation sites (N-methyl/N-ethyl adjacent to an activating group) is 1. The number of carbonyl (C=O) groups excluding carboxylic acids is 1. The Hall–Kier alpha value is -0.610. The van der Waals surface area contributed by atoms with Crippen molar-refractivity contribution in [3.8, 4) is 0 Å². The maximum absolute atomic E-state index is 11.8. The summed E-state index contributed by atoms with van der Waals surface area (Å²) in [5.41, 5.74) is 5.38. The lowest BCUT2D eigenvalue weighted by molar-refractivity contribution is -0.141. The van der Waals surface area contributed by atoms with Crippen LogP contribution in [0.1, 0.15) is 26.2 Å². The van der Waals surface area contributed by atoms with Gasteiger partial charge in [0.15, 0.2) is 0 Å². The van der Waals surface area contributed by atoms with Gasteiger partial charge >= 0.3 is 0 Å². The van der Waals surface area contributed by atoms with E-state index in [0.29, 0.717) is 6.54 Å². The second-order valence-electron chi connectivity index (χ2n) is 3.91. The minimum absolute atomic E-state index is 0.0998. The Balaban J connectivity index is 2.32. The van der Waals surface area contributed by atoms with Crippen molar-refractivity contribution in [3.63, 3.8) is 0 Å². The average Bonchev–Trinajstić information content (AvgIpc) is 2.60. The summed E-state index contributed by atoms with van der Waals surface area (Å²) in [6, 6.07) is 0. The summed E-state index contributed by atoms with van der Waals surface area (Å²) in [5.74, 6) is 0.0998. The number of carbonyl (C=O) groups is 1. The molecule has 1 saturated heterocycles. The molecule has 0 aromatic carbocycles. The quantitative estimate of drug-likeness (QED) is 0.713. The largest absolute Gasteiger partial charge is 0.365 e. The van der Waals surface area contributed by atoms with Crippen LogP contribution in [0, 0.1) is 0 Å². The van der Waals surface area contributed by atoms with Crippen LogP contribution in [0.2, 0.25) is 0 Å². The number of hydrogen-bond acceptors (Lipinski definition) is 3. The second kappa shape index (κ2) is 5.32. The van der Waals surface area contributed by atoms with E-state index in [9.17, 15) is 4.79 Å². The van der Waals surface area contributed by atoms with E-state index in [2.05, 4.69) is 0 Å². The molecule has 0 saturated carbocycles. The van der Waals surface area contributed by atoms with Crippen molar-refractivity contribution in [1.29, 1.82) is 0 Å². The van der Waals surface area contributed by atoms with Crippen LogP contribution in [0.4, 0.5) is 0 Å². The zero-order valence-corrected chi connectivity index (χ0v) is 9.03. The molecular weight excluding hydrogens is 180 g/mol. The highest BCUT2D eigenvalue weighted by Gasteiger charge is 2.29. The van der Waals surface area contributed by atoms with Crippen LogP contribution in [-0.4, -0.2) is 43.2 Å². The molecule has 2 unspecified atom stereocenters. The lowest BCUT2D eigenvalue weighted by Crippen LogP contribution is -2.37. The lowest BCUT2D eigenvalue weighted by atomic mass is 10.2. The van der Waals surface area contributed by atoms with Crippen LogP contribution < -0.4 is 5.73 Å². The molecule has 4 nitrogen and oxygen atoms in total. The molecule has 0 aromatic heterocycles. The van der Waals surface area contributed by atoms with E-state index in [0.717, 1.165) is 25.8 Å². The van der Waals surface area contributed by atoms with E-state index >= 15 is 0 Å². The Morgan fingerprint density at radius 3 is 2.79 bits per heavy atom. The normalized spacial score (nSPS) is 26.5. The van der Waals surface area contributed by atoms with Crippen LogP contribution in [-0.2, 0) is 9.53 Å². The number of nitrogens with zero attached hydrogens (tertiary/aromatic N) is 1. The van der Waals surface area contributed by atoms with Gasteiger partial charge in [-0.05, 0) is 32.7 Å². The molecule has 1 aliphatic rings. The zero-order valence-electron chi connectivity index (χ0n) is 9.03. The first-order valence-electron chi connectivity index (χ1n) is 5.25. The maximum atomic E-state index is 11.8. The summed E-state index contributed by atoms with van der Waals surface area (Å²) in [4.78, 5) is 13.5. The predicted octanol–water partition coefficient (Wildman–Crippen LogP) is 0.361. The van der Waals surface area contributed by atoms with Crippen molar-refractivity contribution >= 4 is 5.91 Å². The summed E-state index contributed by atoms with van der Waals surface area (Å²) in [7, 11) is 1.81. The molecule has 1 heterocycles. The Labute approximate surface area is 85.4 Å². The fraction of sp³-hybridized carbons (Fsp3) is 0.900. The summed E-state index contributed by atoms with van der Waals surface area (Å²) < 4.78 is 5.50. The fourth-order valence-corrected chi connectivity index (χ4v) is 1.67. The molecule has 4 heteroatoms. The number of rotatable bonds is 4. The van der Waals surface area contributed by atoms with E-state index < -0.39 is 0 Å². The Bertz CT molecular complexity index is 197. The van der Waals surface area contributed by atoms with Gasteiger partial charge in [0.05, 0.1) is 6.10 Å². The Kier molecular flexibility index (Phi) is 4.35. The van der Waals surface area contributed by atoms with Crippen molar-refractivity contribution in [1.82, 2.24) is 4.90 Å². The summed E-state index contributed by atoms with van der Waals surface area (Å²) in [6.45, 7) is 3.36. The van der Waals surface area contributed by atoms with Crippen molar-refractivity contribution < 1.29 is 9.53 Å². The van der Waals surface area contributed by atoms with E-state index in [1.807, 2.05) is 14.0 Å². The highest BCUT2D eigenvalue weighted by atomic mass is 16.5. The predicted molar refractivity (Wildman–Crippen MR) is 54.9 cm³/mol. The minimum atomic E-state index is -0.215.